The molecule has 6 heteroatoms. The summed E-state index contributed by atoms with van der Waals surface area (Å²) >= 11 is 0. The number of hydrogen-bond donors (Lipinski definition) is 0. The maximum absolute atomic E-state index is 9.81. The molecule has 0 amide bonds. The predicted molar refractivity (Wildman–Crippen MR) is 206 cm³/mol. The standard InChI is InChI=1S/C46H26N4O2/c47-27-33-14-7-16-36-42-37(17-9-19-39(42)52-43(33)36)46-49-44(31-22-20-29(21-23-31)28-10-3-1-4-11-28)48-45(50-46)32-24-25-35-40(26-32)51-38-18-8-15-34(41(35)38)30-12-5-2-6-13-30/h1-26H. The van der Waals surface area contributed by atoms with Crippen molar-refractivity contribution in [2.75, 3.05) is 0 Å². The van der Waals surface area contributed by atoms with Gasteiger partial charge in [0.1, 0.15) is 22.8 Å². The van der Waals surface area contributed by atoms with Gasteiger partial charge in [0.15, 0.2) is 23.1 Å². The lowest BCUT2D eigenvalue weighted by Crippen LogP contribution is -2.00. The molecule has 0 N–H and O–H groups in total. The Balaban J connectivity index is 1.17. The highest BCUT2D eigenvalue weighted by Gasteiger charge is 2.20. The molecule has 6 nitrogen and oxygen atoms in total. The Morgan fingerprint density at radius 1 is 0.404 bits per heavy atom. The van der Waals surface area contributed by atoms with E-state index in [0.717, 1.165) is 71.7 Å². The average molecular weight is 667 g/mol. The number of fused-ring (bicyclic) bond motifs is 6. The zero-order valence-electron chi connectivity index (χ0n) is 27.6. The normalized spacial score (nSPS) is 11.4. The number of benzene rings is 7. The highest BCUT2D eigenvalue weighted by atomic mass is 16.3. The van der Waals surface area contributed by atoms with Crippen LogP contribution in [0.5, 0.6) is 0 Å². The molecule has 0 fully saturated rings. The third-order valence-electron chi connectivity index (χ3n) is 9.61. The molecule has 0 aliphatic heterocycles. The van der Waals surface area contributed by atoms with Gasteiger partial charge in [-0.25, -0.2) is 15.0 Å². The maximum atomic E-state index is 9.81. The van der Waals surface area contributed by atoms with Gasteiger partial charge in [0.05, 0.1) is 5.56 Å². The first-order valence-electron chi connectivity index (χ1n) is 17.0. The molecule has 7 aromatic carbocycles. The van der Waals surface area contributed by atoms with E-state index < -0.39 is 0 Å². The van der Waals surface area contributed by atoms with Crippen LogP contribution in [0.15, 0.2) is 167 Å². The Hall–Kier alpha value is -7.36. The van der Waals surface area contributed by atoms with Crippen LogP contribution < -0.4 is 0 Å². The monoisotopic (exact) mass is 666 g/mol. The Kier molecular flexibility index (Phi) is 6.76. The minimum atomic E-state index is 0.477. The van der Waals surface area contributed by atoms with Gasteiger partial charge in [-0.1, -0.05) is 127 Å². The molecule has 52 heavy (non-hydrogen) atoms. The quantitative estimate of drug-likeness (QED) is 0.182. The molecule has 0 spiro atoms. The number of para-hydroxylation sites is 1. The third-order valence-corrected chi connectivity index (χ3v) is 9.61. The van der Waals surface area contributed by atoms with Crippen LogP contribution in [0.2, 0.25) is 0 Å². The van der Waals surface area contributed by atoms with Crippen molar-refractivity contribution in [3.05, 3.63) is 163 Å². The lowest BCUT2D eigenvalue weighted by molar-refractivity contribution is 0.667. The minimum absolute atomic E-state index is 0.477. The summed E-state index contributed by atoms with van der Waals surface area (Å²) in [6, 6.07) is 54.9. The smallest absolute Gasteiger partial charge is 0.164 e. The van der Waals surface area contributed by atoms with Crippen LogP contribution in [0, 0.1) is 11.3 Å². The van der Waals surface area contributed by atoms with Crippen molar-refractivity contribution in [1.82, 2.24) is 15.0 Å². The number of nitriles is 1. The second-order valence-electron chi connectivity index (χ2n) is 12.7. The summed E-state index contributed by atoms with van der Waals surface area (Å²) in [7, 11) is 0. The largest absolute Gasteiger partial charge is 0.456 e. The van der Waals surface area contributed by atoms with Gasteiger partial charge in [-0.2, -0.15) is 5.26 Å². The van der Waals surface area contributed by atoms with Gasteiger partial charge in [-0.05, 0) is 52.6 Å². The second kappa shape index (κ2) is 11.9. The lowest BCUT2D eigenvalue weighted by Gasteiger charge is -2.10. The highest BCUT2D eigenvalue weighted by Crippen LogP contribution is 2.40. The Morgan fingerprint density at radius 3 is 1.73 bits per heavy atom. The number of hydrogen-bond acceptors (Lipinski definition) is 6. The van der Waals surface area contributed by atoms with Gasteiger partial charge >= 0.3 is 0 Å². The van der Waals surface area contributed by atoms with Crippen molar-refractivity contribution in [2.45, 2.75) is 0 Å². The fraction of sp³-hybridized carbons (Fsp3) is 0. The summed E-state index contributed by atoms with van der Waals surface area (Å²) in [5.74, 6) is 1.55. The SMILES string of the molecule is N#Cc1cccc2c1oc1cccc(-c3nc(-c4ccc(-c5ccccc5)cc4)nc(-c4ccc5c(c4)oc4cccc(-c6ccccc6)c45)n3)c12. The van der Waals surface area contributed by atoms with Gasteiger partial charge in [0, 0.05) is 38.2 Å². The van der Waals surface area contributed by atoms with Crippen molar-refractivity contribution < 1.29 is 8.83 Å². The molecule has 0 saturated carbocycles. The Bertz CT molecular complexity index is 3010. The molecular formula is C46H26N4O2. The lowest BCUT2D eigenvalue weighted by atomic mass is 9.99. The minimum Gasteiger partial charge on any atom is -0.456 e. The molecule has 0 unspecified atom stereocenters. The van der Waals surface area contributed by atoms with E-state index in [4.69, 9.17) is 23.8 Å². The summed E-state index contributed by atoms with van der Waals surface area (Å²) in [4.78, 5) is 15.2. The van der Waals surface area contributed by atoms with Crippen LogP contribution in [0.1, 0.15) is 5.56 Å². The van der Waals surface area contributed by atoms with E-state index in [0.29, 0.717) is 34.2 Å². The topological polar surface area (TPSA) is 88.7 Å². The Labute approximate surface area is 297 Å². The average Bonchev–Trinajstić information content (AvgIpc) is 3.80. The summed E-state index contributed by atoms with van der Waals surface area (Å²) < 4.78 is 12.7. The van der Waals surface area contributed by atoms with Gasteiger partial charge < -0.3 is 8.83 Å². The van der Waals surface area contributed by atoms with Crippen LogP contribution in [0.3, 0.4) is 0 Å². The summed E-state index contributed by atoms with van der Waals surface area (Å²) in [6.45, 7) is 0. The number of rotatable bonds is 5. The van der Waals surface area contributed by atoms with Gasteiger partial charge in [0.2, 0.25) is 0 Å². The summed E-state index contributed by atoms with van der Waals surface area (Å²) in [5, 5.41) is 13.6. The van der Waals surface area contributed by atoms with Crippen LogP contribution in [-0.2, 0) is 0 Å². The van der Waals surface area contributed by atoms with E-state index in [1.54, 1.807) is 6.07 Å². The van der Waals surface area contributed by atoms with Crippen LogP contribution in [0.4, 0.5) is 0 Å². The first kappa shape index (κ1) is 29.5. The van der Waals surface area contributed by atoms with Gasteiger partial charge in [-0.3, -0.25) is 0 Å². The molecule has 3 aromatic heterocycles. The summed E-state index contributed by atoms with van der Waals surface area (Å²) in [5.41, 5.74) is 10.2. The van der Waals surface area contributed by atoms with E-state index in [1.165, 1.54) is 0 Å². The highest BCUT2D eigenvalue weighted by molar-refractivity contribution is 6.14. The maximum Gasteiger partial charge on any atom is 0.164 e. The zero-order chi connectivity index (χ0) is 34.6. The van der Waals surface area contributed by atoms with E-state index in [-0.39, 0.29) is 0 Å². The third kappa shape index (κ3) is 4.84. The molecule has 10 aromatic rings. The molecule has 0 radical (unpaired) electrons. The van der Waals surface area contributed by atoms with E-state index in [2.05, 4.69) is 66.7 Å². The number of furan rings is 2. The van der Waals surface area contributed by atoms with E-state index in [9.17, 15) is 5.26 Å². The van der Waals surface area contributed by atoms with Crippen LogP contribution in [0.25, 0.3) is 100 Å². The molecule has 0 saturated heterocycles. The number of nitrogens with zero attached hydrogens (tertiary/aromatic N) is 4. The predicted octanol–water partition coefficient (Wildman–Crippen LogP) is 11.9. The molecular weight excluding hydrogens is 641 g/mol. The van der Waals surface area contributed by atoms with Gasteiger partial charge in [-0.15, -0.1) is 0 Å². The summed E-state index contributed by atoms with van der Waals surface area (Å²) in [6.07, 6.45) is 0. The molecule has 3 heterocycles. The molecule has 0 aliphatic rings. The second-order valence-corrected chi connectivity index (χ2v) is 12.7. The van der Waals surface area contributed by atoms with Crippen molar-refractivity contribution in [2.24, 2.45) is 0 Å². The molecule has 0 aliphatic carbocycles. The fourth-order valence-electron chi connectivity index (χ4n) is 7.14. The molecule has 0 bridgehead atoms. The van der Waals surface area contributed by atoms with Gasteiger partial charge in [0.25, 0.3) is 0 Å². The van der Waals surface area contributed by atoms with Crippen molar-refractivity contribution in [3.8, 4) is 62.5 Å². The zero-order valence-corrected chi connectivity index (χ0v) is 27.6. The molecule has 10 rings (SSSR count). The first-order chi connectivity index (χ1) is 25.7. The Morgan fingerprint density at radius 2 is 0.981 bits per heavy atom. The van der Waals surface area contributed by atoms with E-state index >= 15 is 0 Å². The first-order valence-corrected chi connectivity index (χ1v) is 17.0. The van der Waals surface area contributed by atoms with Crippen molar-refractivity contribution >= 4 is 43.9 Å². The van der Waals surface area contributed by atoms with Crippen LogP contribution >= 0.6 is 0 Å². The van der Waals surface area contributed by atoms with Crippen LogP contribution in [-0.4, -0.2) is 15.0 Å². The van der Waals surface area contributed by atoms with Crippen molar-refractivity contribution in [3.63, 3.8) is 0 Å². The number of aromatic nitrogens is 3. The molecule has 0 atom stereocenters. The van der Waals surface area contributed by atoms with Crippen molar-refractivity contribution in [1.29, 1.82) is 5.26 Å². The fourth-order valence-corrected chi connectivity index (χ4v) is 7.14. The van der Waals surface area contributed by atoms with E-state index in [1.807, 2.05) is 91.0 Å². The molecule has 242 valence electrons.